The Kier molecular flexibility index (Phi) is 10.9. The molecule has 0 saturated carbocycles. The molecule has 6 rings (SSSR count). The van der Waals surface area contributed by atoms with E-state index in [-0.39, 0.29) is 34.5 Å². The number of rotatable bonds is 14. The van der Waals surface area contributed by atoms with Crippen LogP contribution in [-0.4, -0.2) is 90.0 Å². The van der Waals surface area contributed by atoms with Gasteiger partial charge in [-0.2, -0.15) is 4.80 Å². The third-order valence-corrected chi connectivity index (χ3v) is 10.4. The van der Waals surface area contributed by atoms with Crippen molar-refractivity contribution < 1.29 is 28.8 Å². The molecule has 0 radical (unpaired) electrons. The van der Waals surface area contributed by atoms with Crippen molar-refractivity contribution in [2.75, 3.05) is 23.9 Å². The van der Waals surface area contributed by atoms with Crippen LogP contribution >= 0.6 is 34.9 Å². The molecular formula is C32H27N9O6S3. The summed E-state index contributed by atoms with van der Waals surface area (Å²) in [5.74, 6) is 1.09. The molecule has 2 atom stereocenters. The number of carbonyl (C=O) groups excluding carboxylic acids is 4. The van der Waals surface area contributed by atoms with Gasteiger partial charge in [-0.3, -0.25) is 19.3 Å². The highest BCUT2D eigenvalue weighted by molar-refractivity contribution is 8.01. The number of tetrazole rings is 1. The number of aromatic nitrogens is 5. The zero-order valence-corrected chi connectivity index (χ0v) is 28.6. The standard InChI is InChI=1S/C32H27N9O6S3/c1-3-14-40-37-32(36-39-40)49-16-21-15-48-29-24(35-27(43)23(38-46-2)22-17-50-31(34-22)33-18-42)28(44)41(29)25(21)30(45)47-26(19-10-6-4-7-11-19)20-12-8-5-9-13-20/h1,4-13,17-18,24,26,29H,14-16H2,2H3,(H,35,43)(H,33,34,42)/t24?,29-/m1/s1. The maximum absolute atomic E-state index is 14.2. The molecule has 4 heterocycles. The smallest absolute Gasteiger partial charge is 0.356 e. The second-order valence-corrected chi connectivity index (χ2v) is 13.3. The molecule has 1 fully saturated rings. The highest BCUT2D eigenvalue weighted by Gasteiger charge is 2.55. The monoisotopic (exact) mass is 729 g/mol. The van der Waals surface area contributed by atoms with Crippen LogP contribution < -0.4 is 10.6 Å². The number of amides is 3. The summed E-state index contributed by atoms with van der Waals surface area (Å²) in [5.41, 5.74) is 2.14. The van der Waals surface area contributed by atoms with Crippen LogP contribution in [0.3, 0.4) is 0 Å². The number of hydrogen-bond acceptors (Lipinski definition) is 14. The molecule has 4 aromatic rings. The molecule has 2 aromatic heterocycles. The SMILES string of the molecule is C#CCn1nnc(SCC2=C(C(=O)OC(c3ccccc3)c3ccccc3)N3C(=O)C(NC(=O)C(=NOC)c4csc(NC=O)n4)[C@H]3SC2)n1. The van der Waals surface area contributed by atoms with Gasteiger partial charge in [0.2, 0.25) is 11.6 Å². The van der Waals surface area contributed by atoms with E-state index in [4.69, 9.17) is 16.0 Å². The minimum atomic E-state index is -0.998. The van der Waals surface area contributed by atoms with E-state index in [1.54, 1.807) is 0 Å². The first kappa shape index (κ1) is 34.4. The molecule has 15 nitrogen and oxygen atoms in total. The number of β-lactam (4-membered cyclic amide) rings is 1. The van der Waals surface area contributed by atoms with E-state index >= 15 is 0 Å². The Hall–Kier alpha value is -5.51. The fourth-order valence-electron chi connectivity index (χ4n) is 5.12. The maximum atomic E-state index is 14.2. The van der Waals surface area contributed by atoms with Crippen molar-refractivity contribution in [1.29, 1.82) is 0 Å². The fraction of sp³-hybridized carbons (Fsp3) is 0.219. The number of esters is 1. The first-order valence-corrected chi connectivity index (χ1v) is 17.7. The normalized spacial score (nSPS) is 17.0. The van der Waals surface area contributed by atoms with Crippen LogP contribution in [0.1, 0.15) is 22.9 Å². The van der Waals surface area contributed by atoms with Gasteiger partial charge < -0.3 is 20.2 Å². The molecule has 2 N–H and O–H groups in total. The average Bonchev–Trinajstić information content (AvgIpc) is 3.80. The Morgan fingerprint density at radius 3 is 2.56 bits per heavy atom. The van der Waals surface area contributed by atoms with Crippen LogP contribution in [-0.2, 0) is 35.3 Å². The molecule has 50 heavy (non-hydrogen) atoms. The molecule has 2 aliphatic rings. The Morgan fingerprint density at radius 1 is 1.18 bits per heavy atom. The average molecular weight is 730 g/mol. The van der Waals surface area contributed by atoms with Gasteiger partial charge >= 0.3 is 5.97 Å². The number of benzene rings is 2. The Labute approximate surface area is 297 Å². The van der Waals surface area contributed by atoms with Crippen LogP contribution in [0.15, 0.2) is 87.6 Å². The van der Waals surface area contributed by atoms with Crippen LogP contribution in [0.5, 0.6) is 0 Å². The number of fused-ring (bicyclic) bond motifs is 1. The van der Waals surface area contributed by atoms with Gasteiger partial charge in [0, 0.05) is 16.9 Å². The zero-order valence-electron chi connectivity index (χ0n) is 26.2. The molecule has 1 saturated heterocycles. The molecule has 1 unspecified atom stereocenters. The quantitative estimate of drug-likeness (QED) is 0.0369. The van der Waals surface area contributed by atoms with Crippen molar-refractivity contribution in [2.45, 2.75) is 29.2 Å². The van der Waals surface area contributed by atoms with Gasteiger partial charge in [0.15, 0.2) is 16.9 Å². The number of terminal acetylenes is 1. The van der Waals surface area contributed by atoms with Crippen molar-refractivity contribution in [1.82, 2.24) is 35.4 Å². The number of thioether (sulfide) groups is 2. The number of anilines is 1. The summed E-state index contributed by atoms with van der Waals surface area (Å²) in [4.78, 5) is 64.0. The molecule has 0 spiro atoms. The van der Waals surface area contributed by atoms with E-state index in [0.29, 0.717) is 22.9 Å². The van der Waals surface area contributed by atoms with E-state index in [0.717, 1.165) is 22.5 Å². The lowest BCUT2D eigenvalue weighted by Crippen LogP contribution is -2.71. The second-order valence-electron chi connectivity index (χ2n) is 10.4. The molecule has 0 aliphatic carbocycles. The lowest BCUT2D eigenvalue weighted by Gasteiger charge is -2.49. The van der Waals surface area contributed by atoms with E-state index in [9.17, 15) is 19.2 Å². The summed E-state index contributed by atoms with van der Waals surface area (Å²) in [7, 11) is 1.27. The summed E-state index contributed by atoms with van der Waals surface area (Å²) < 4.78 is 6.21. The van der Waals surface area contributed by atoms with Gasteiger partial charge in [0.05, 0.1) is 0 Å². The van der Waals surface area contributed by atoms with Crippen molar-refractivity contribution in [3.05, 3.63) is 94.1 Å². The second kappa shape index (κ2) is 15.8. The predicted octanol–water partition coefficient (Wildman–Crippen LogP) is 2.46. The third-order valence-electron chi connectivity index (χ3n) is 7.33. The van der Waals surface area contributed by atoms with E-state index in [1.165, 1.54) is 45.7 Å². The summed E-state index contributed by atoms with van der Waals surface area (Å²) >= 11 is 3.70. The van der Waals surface area contributed by atoms with Crippen LogP contribution in [0.25, 0.3) is 0 Å². The Balaban J connectivity index is 1.27. The molecule has 3 amide bonds. The Morgan fingerprint density at radius 2 is 1.90 bits per heavy atom. The van der Waals surface area contributed by atoms with Crippen LogP contribution in [0.4, 0.5) is 5.13 Å². The van der Waals surface area contributed by atoms with Crippen molar-refractivity contribution >= 4 is 69.9 Å². The number of thiazole rings is 1. The first-order valence-electron chi connectivity index (χ1n) is 14.8. The topological polar surface area (TPSA) is 183 Å². The van der Waals surface area contributed by atoms with Crippen molar-refractivity contribution in [3.8, 4) is 12.3 Å². The summed E-state index contributed by atoms with van der Waals surface area (Å²) in [6, 6.07) is 17.6. The maximum Gasteiger partial charge on any atom is 0.356 e. The number of hydrogen-bond donors (Lipinski definition) is 2. The molecule has 254 valence electrons. The first-order chi connectivity index (χ1) is 24.4. The van der Waals surface area contributed by atoms with Crippen LogP contribution in [0.2, 0.25) is 0 Å². The van der Waals surface area contributed by atoms with Crippen molar-refractivity contribution in [3.63, 3.8) is 0 Å². The number of nitrogens with zero attached hydrogens (tertiary/aromatic N) is 7. The number of nitrogens with one attached hydrogen (secondary N) is 2. The van der Waals surface area contributed by atoms with Gasteiger partial charge in [0.1, 0.15) is 36.5 Å². The third kappa shape index (κ3) is 7.39. The molecule has 2 aliphatic heterocycles. The lowest BCUT2D eigenvalue weighted by molar-refractivity contribution is -0.154. The predicted molar refractivity (Wildman–Crippen MR) is 186 cm³/mol. The summed E-state index contributed by atoms with van der Waals surface area (Å²) in [5, 5.41) is 22.6. The zero-order chi connectivity index (χ0) is 35.0. The van der Waals surface area contributed by atoms with E-state index in [2.05, 4.69) is 42.1 Å². The largest absolute Gasteiger partial charge is 0.448 e. The highest BCUT2D eigenvalue weighted by Crippen LogP contribution is 2.42. The lowest BCUT2D eigenvalue weighted by atomic mass is 10.0. The number of carbonyl (C=O) groups is 4. The number of oxime groups is 1. The minimum Gasteiger partial charge on any atom is -0.448 e. The molecule has 0 bridgehead atoms. The molecule has 18 heteroatoms. The van der Waals surface area contributed by atoms with Gasteiger partial charge in [0.25, 0.3) is 11.8 Å². The van der Waals surface area contributed by atoms with Gasteiger partial charge in [-0.1, -0.05) is 83.5 Å². The fourth-order valence-corrected chi connectivity index (χ4v) is 8.04. The molecule has 2 aromatic carbocycles. The van der Waals surface area contributed by atoms with Gasteiger partial charge in [-0.05, 0) is 21.9 Å². The van der Waals surface area contributed by atoms with Crippen molar-refractivity contribution in [2.24, 2.45) is 5.16 Å². The van der Waals surface area contributed by atoms with Gasteiger partial charge in [-0.25, -0.2) is 9.78 Å². The number of ether oxygens (including phenoxy) is 1. The Bertz CT molecular complexity index is 1950. The molecular weight excluding hydrogens is 703 g/mol. The summed E-state index contributed by atoms with van der Waals surface area (Å²) in [6.45, 7) is 0.150. The highest BCUT2D eigenvalue weighted by atomic mass is 32.2. The van der Waals surface area contributed by atoms with E-state index < -0.39 is 35.3 Å². The minimum absolute atomic E-state index is 0.0829. The van der Waals surface area contributed by atoms with E-state index in [1.807, 2.05) is 60.7 Å². The summed E-state index contributed by atoms with van der Waals surface area (Å²) in [6.07, 6.45) is 5.06. The van der Waals surface area contributed by atoms with Crippen LogP contribution in [0, 0.1) is 12.3 Å². The van der Waals surface area contributed by atoms with Gasteiger partial charge in [-0.15, -0.1) is 39.7 Å².